The summed E-state index contributed by atoms with van der Waals surface area (Å²) in [5.74, 6) is 0.217. The van der Waals surface area contributed by atoms with Crippen molar-refractivity contribution in [1.29, 1.82) is 0 Å². The summed E-state index contributed by atoms with van der Waals surface area (Å²) in [7, 11) is 0. The lowest BCUT2D eigenvalue weighted by atomic mass is 9.90. The van der Waals surface area contributed by atoms with E-state index in [0.717, 1.165) is 25.9 Å². The van der Waals surface area contributed by atoms with Crippen LogP contribution in [0, 0.1) is 5.92 Å². The quantitative estimate of drug-likeness (QED) is 0.671. The number of aliphatic hydroxyl groups is 1. The molecule has 76 valence electrons. The van der Waals surface area contributed by atoms with Crippen LogP contribution in [0.2, 0.25) is 0 Å². The van der Waals surface area contributed by atoms with Crippen molar-refractivity contribution in [3.8, 4) is 0 Å². The first-order valence-corrected chi connectivity index (χ1v) is 5.29. The van der Waals surface area contributed by atoms with Crippen LogP contribution in [0.3, 0.4) is 0 Å². The Morgan fingerprint density at radius 1 is 0.923 bits per heavy atom. The zero-order valence-corrected chi connectivity index (χ0v) is 7.95. The molecule has 0 radical (unpaired) electrons. The highest BCUT2D eigenvalue weighted by molar-refractivity contribution is 4.77. The van der Waals surface area contributed by atoms with Crippen LogP contribution in [0.25, 0.3) is 0 Å². The second-order valence-corrected chi connectivity index (χ2v) is 3.97. The third kappa shape index (κ3) is 2.22. The van der Waals surface area contributed by atoms with Crippen molar-refractivity contribution in [2.24, 2.45) is 5.92 Å². The maximum Gasteiger partial charge on any atom is 0.159 e. The normalized spacial score (nSPS) is 41.8. The van der Waals surface area contributed by atoms with E-state index in [4.69, 9.17) is 9.47 Å². The van der Waals surface area contributed by atoms with E-state index < -0.39 is 6.29 Å². The average Bonchev–Trinajstić information content (AvgIpc) is 2.20. The van der Waals surface area contributed by atoms with E-state index in [-0.39, 0.29) is 12.0 Å². The molecule has 0 amide bonds. The Morgan fingerprint density at radius 2 is 1.77 bits per heavy atom. The van der Waals surface area contributed by atoms with Gasteiger partial charge in [-0.15, -0.1) is 0 Å². The molecule has 0 spiro atoms. The van der Waals surface area contributed by atoms with E-state index in [1.54, 1.807) is 0 Å². The first-order valence-electron chi connectivity index (χ1n) is 5.29. The summed E-state index contributed by atoms with van der Waals surface area (Å²) in [6.45, 7) is 1.55. The van der Waals surface area contributed by atoms with Crippen molar-refractivity contribution in [3.63, 3.8) is 0 Å². The Hall–Kier alpha value is -0.120. The van der Waals surface area contributed by atoms with Crippen LogP contribution >= 0.6 is 0 Å². The average molecular weight is 186 g/mol. The van der Waals surface area contributed by atoms with Crippen LogP contribution in [0.4, 0.5) is 0 Å². The Morgan fingerprint density at radius 3 is 2.46 bits per heavy atom. The smallest absolute Gasteiger partial charge is 0.159 e. The van der Waals surface area contributed by atoms with Gasteiger partial charge in [0.1, 0.15) is 0 Å². The highest BCUT2D eigenvalue weighted by Crippen LogP contribution is 2.29. The number of aliphatic hydroxyl groups excluding tert-OH is 1. The number of hydrogen-bond acceptors (Lipinski definition) is 3. The molecule has 3 nitrogen and oxygen atoms in total. The molecule has 0 saturated carbocycles. The second kappa shape index (κ2) is 4.40. The fourth-order valence-corrected chi connectivity index (χ4v) is 2.26. The Balaban J connectivity index is 1.88. The Labute approximate surface area is 79.0 Å². The fraction of sp³-hybridized carbons (Fsp3) is 1.00. The molecule has 3 heteroatoms. The highest BCUT2D eigenvalue weighted by atomic mass is 16.6. The van der Waals surface area contributed by atoms with E-state index >= 15 is 0 Å². The minimum absolute atomic E-state index is 0.217. The molecule has 3 atom stereocenters. The van der Waals surface area contributed by atoms with Crippen molar-refractivity contribution in [1.82, 2.24) is 0 Å². The van der Waals surface area contributed by atoms with Gasteiger partial charge in [0.25, 0.3) is 0 Å². The van der Waals surface area contributed by atoms with Gasteiger partial charge in [0.2, 0.25) is 0 Å². The number of rotatable bonds is 1. The van der Waals surface area contributed by atoms with Crippen LogP contribution in [0.5, 0.6) is 0 Å². The molecule has 0 bridgehead atoms. The molecule has 0 aromatic rings. The number of ether oxygens (including phenoxy) is 2. The van der Waals surface area contributed by atoms with Gasteiger partial charge in [0.05, 0.1) is 6.10 Å². The zero-order chi connectivity index (χ0) is 9.10. The monoisotopic (exact) mass is 186 g/mol. The maximum atomic E-state index is 9.62. The van der Waals surface area contributed by atoms with Gasteiger partial charge in [-0.2, -0.15) is 0 Å². The summed E-state index contributed by atoms with van der Waals surface area (Å²) >= 11 is 0. The Kier molecular flexibility index (Phi) is 3.19. The molecule has 2 aliphatic rings. The minimum Gasteiger partial charge on any atom is -0.378 e. The van der Waals surface area contributed by atoms with Gasteiger partial charge in [-0.25, -0.2) is 0 Å². The van der Waals surface area contributed by atoms with Crippen LogP contribution in [-0.4, -0.2) is 30.7 Å². The number of hydrogen-bond donors (Lipinski definition) is 1. The minimum atomic E-state index is -0.586. The first kappa shape index (κ1) is 9.44. The standard InChI is InChI=1S/C10H18O3/c11-10-8(4-3-7-13-10)9-5-1-2-6-12-9/h8-11H,1-7H2. The summed E-state index contributed by atoms with van der Waals surface area (Å²) in [4.78, 5) is 0. The predicted molar refractivity (Wildman–Crippen MR) is 48.3 cm³/mol. The largest absolute Gasteiger partial charge is 0.378 e. The van der Waals surface area contributed by atoms with Crippen LogP contribution < -0.4 is 0 Å². The molecular weight excluding hydrogens is 168 g/mol. The summed E-state index contributed by atoms with van der Waals surface area (Å²) in [5, 5.41) is 9.62. The molecule has 2 fully saturated rings. The van der Waals surface area contributed by atoms with Crippen LogP contribution in [0.1, 0.15) is 32.1 Å². The van der Waals surface area contributed by atoms with Crippen molar-refractivity contribution in [3.05, 3.63) is 0 Å². The van der Waals surface area contributed by atoms with Gasteiger partial charge >= 0.3 is 0 Å². The third-order valence-electron chi connectivity index (χ3n) is 3.03. The van der Waals surface area contributed by atoms with E-state index in [9.17, 15) is 5.11 Å². The molecular formula is C10H18O3. The Bertz CT molecular complexity index is 154. The lowest BCUT2D eigenvalue weighted by Gasteiger charge is -2.35. The van der Waals surface area contributed by atoms with Crippen LogP contribution in [0.15, 0.2) is 0 Å². The van der Waals surface area contributed by atoms with Gasteiger partial charge < -0.3 is 14.6 Å². The molecule has 0 aliphatic carbocycles. The van der Waals surface area contributed by atoms with Gasteiger partial charge in [0, 0.05) is 19.1 Å². The molecule has 2 aliphatic heterocycles. The van der Waals surface area contributed by atoms with Gasteiger partial charge in [-0.1, -0.05) is 0 Å². The van der Waals surface area contributed by atoms with Gasteiger partial charge in [0.15, 0.2) is 6.29 Å². The summed E-state index contributed by atoms with van der Waals surface area (Å²) in [6.07, 6.45) is 5.24. The topological polar surface area (TPSA) is 38.7 Å². The first-order chi connectivity index (χ1) is 6.38. The van der Waals surface area contributed by atoms with E-state index in [0.29, 0.717) is 6.61 Å². The van der Waals surface area contributed by atoms with Crippen LogP contribution in [-0.2, 0) is 9.47 Å². The highest BCUT2D eigenvalue weighted by Gasteiger charge is 2.32. The van der Waals surface area contributed by atoms with E-state index in [1.807, 2.05) is 0 Å². The molecule has 13 heavy (non-hydrogen) atoms. The predicted octanol–water partition coefficient (Wildman–Crippen LogP) is 1.30. The molecule has 2 saturated heterocycles. The molecule has 0 aromatic heterocycles. The fourth-order valence-electron chi connectivity index (χ4n) is 2.26. The van der Waals surface area contributed by atoms with E-state index in [2.05, 4.69) is 0 Å². The summed E-state index contributed by atoms with van der Waals surface area (Å²) < 4.78 is 10.9. The lowest BCUT2D eigenvalue weighted by molar-refractivity contribution is -0.195. The lowest BCUT2D eigenvalue weighted by Crippen LogP contribution is -2.40. The molecule has 2 heterocycles. The van der Waals surface area contributed by atoms with E-state index in [1.165, 1.54) is 12.8 Å². The van der Waals surface area contributed by atoms with Crippen molar-refractivity contribution in [2.75, 3.05) is 13.2 Å². The zero-order valence-electron chi connectivity index (χ0n) is 7.95. The maximum absolute atomic E-state index is 9.62. The molecule has 1 N–H and O–H groups in total. The molecule has 2 rings (SSSR count). The summed E-state index contributed by atoms with van der Waals surface area (Å²) in [5.41, 5.74) is 0. The van der Waals surface area contributed by atoms with Gasteiger partial charge in [-0.3, -0.25) is 0 Å². The SMILES string of the molecule is OC1OCCCC1C1CCCCO1. The summed E-state index contributed by atoms with van der Waals surface area (Å²) in [6, 6.07) is 0. The second-order valence-electron chi connectivity index (χ2n) is 3.97. The van der Waals surface area contributed by atoms with Gasteiger partial charge in [-0.05, 0) is 32.1 Å². The third-order valence-corrected chi connectivity index (χ3v) is 3.03. The van der Waals surface area contributed by atoms with Crippen molar-refractivity contribution in [2.45, 2.75) is 44.5 Å². The molecule has 0 aromatic carbocycles. The molecule has 3 unspecified atom stereocenters. The van der Waals surface area contributed by atoms with Crippen molar-refractivity contribution < 1.29 is 14.6 Å². The van der Waals surface area contributed by atoms with Crippen molar-refractivity contribution >= 4 is 0 Å².